The van der Waals surface area contributed by atoms with E-state index in [0.717, 1.165) is 29.6 Å². The quantitative estimate of drug-likeness (QED) is 0.605. The number of fused-ring (bicyclic) bond motifs is 1. The average Bonchev–Trinajstić information content (AvgIpc) is 3.11. The molecule has 30 heavy (non-hydrogen) atoms. The Kier molecular flexibility index (Phi) is 5.85. The molecule has 1 aliphatic rings. The maximum Gasteiger partial charge on any atom is 0.222 e. The Morgan fingerprint density at radius 1 is 1.17 bits per heavy atom. The zero-order valence-corrected chi connectivity index (χ0v) is 17.9. The van der Waals surface area contributed by atoms with Crippen LogP contribution in [0.4, 0.5) is 0 Å². The van der Waals surface area contributed by atoms with Gasteiger partial charge >= 0.3 is 0 Å². The average molecular weight is 427 g/mol. The van der Waals surface area contributed by atoms with Gasteiger partial charge in [0.25, 0.3) is 0 Å². The first-order valence-corrected chi connectivity index (χ1v) is 11.9. The van der Waals surface area contributed by atoms with E-state index in [1.165, 1.54) is 0 Å². The molecule has 3 heterocycles. The molecule has 4 rings (SSSR count). The summed E-state index contributed by atoms with van der Waals surface area (Å²) >= 11 is 0. The van der Waals surface area contributed by atoms with Crippen molar-refractivity contribution in [2.75, 3.05) is 18.8 Å². The second-order valence-electron chi connectivity index (χ2n) is 7.80. The van der Waals surface area contributed by atoms with Crippen LogP contribution in [0, 0.1) is 0 Å². The first-order chi connectivity index (χ1) is 14.5. The fourth-order valence-electron chi connectivity index (χ4n) is 4.16. The minimum Gasteiger partial charge on any atom is -0.342 e. The lowest BCUT2D eigenvalue weighted by Gasteiger charge is -2.32. The van der Waals surface area contributed by atoms with Crippen molar-refractivity contribution in [2.24, 2.45) is 7.05 Å². The molecular weight excluding hydrogens is 400 g/mol. The van der Waals surface area contributed by atoms with Crippen LogP contribution in [0.25, 0.3) is 11.0 Å². The molecule has 158 valence electrons. The van der Waals surface area contributed by atoms with E-state index in [9.17, 15) is 13.2 Å². The lowest BCUT2D eigenvalue weighted by molar-refractivity contribution is -0.132. The third-order valence-corrected chi connectivity index (χ3v) is 7.51. The van der Waals surface area contributed by atoms with Crippen molar-refractivity contribution in [3.05, 3.63) is 54.4 Å². The van der Waals surface area contributed by atoms with Gasteiger partial charge in [-0.1, -0.05) is 18.2 Å². The van der Waals surface area contributed by atoms with Crippen molar-refractivity contribution >= 4 is 26.8 Å². The molecule has 1 aromatic carbocycles. The van der Waals surface area contributed by atoms with Gasteiger partial charge in [0.1, 0.15) is 0 Å². The summed E-state index contributed by atoms with van der Waals surface area (Å²) in [5.74, 6) is 0.168. The van der Waals surface area contributed by atoms with Gasteiger partial charge in [0.05, 0.1) is 16.3 Å². The van der Waals surface area contributed by atoms with Crippen LogP contribution in [0.1, 0.15) is 37.3 Å². The van der Waals surface area contributed by atoms with Crippen molar-refractivity contribution in [2.45, 2.75) is 36.5 Å². The standard InChI is InChI=1S/C22H26N4O3S/c1-25-22-19(11-5-13-23-22)21(24-25)17-8-6-14-26(16-17)20(27)12-7-15-30(28,29)18-9-3-2-4-10-18/h2-5,9-11,13,17H,6-8,12,14-16H2,1H3. The number of amides is 1. The first kappa shape index (κ1) is 20.5. The highest BCUT2D eigenvalue weighted by atomic mass is 32.2. The number of carbonyl (C=O) groups is 1. The Bertz CT molecular complexity index is 1140. The van der Waals surface area contributed by atoms with Gasteiger partial charge in [-0.25, -0.2) is 13.4 Å². The van der Waals surface area contributed by atoms with Crippen molar-refractivity contribution in [1.82, 2.24) is 19.7 Å². The van der Waals surface area contributed by atoms with Gasteiger partial charge in [0.2, 0.25) is 5.91 Å². The van der Waals surface area contributed by atoms with Crippen LogP contribution < -0.4 is 0 Å². The summed E-state index contributed by atoms with van der Waals surface area (Å²) in [5.41, 5.74) is 1.84. The third-order valence-electron chi connectivity index (χ3n) is 5.69. The van der Waals surface area contributed by atoms with Crippen LogP contribution in [0.2, 0.25) is 0 Å². The van der Waals surface area contributed by atoms with E-state index in [2.05, 4.69) is 10.1 Å². The molecule has 0 aliphatic carbocycles. The summed E-state index contributed by atoms with van der Waals surface area (Å²) in [6, 6.07) is 12.3. The van der Waals surface area contributed by atoms with Crippen LogP contribution in [-0.4, -0.2) is 52.8 Å². The number of piperidine rings is 1. The van der Waals surface area contributed by atoms with Crippen LogP contribution in [0.15, 0.2) is 53.6 Å². The van der Waals surface area contributed by atoms with Gasteiger partial charge in [-0.15, -0.1) is 0 Å². The summed E-state index contributed by atoms with van der Waals surface area (Å²) in [6.07, 6.45) is 4.22. The van der Waals surface area contributed by atoms with Crippen molar-refractivity contribution in [3.63, 3.8) is 0 Å². The number of hydrogen-bond acceptors (Lipinski definition) is 5. The largest absolute Gasteiger partial charge is 0.342 e. The minimum absolute atomic E-state index is 0.0151. The molecule has 1 aliphatic heterocycles. The number of rotatable bonds is 6. The predicted molar refractivity (Wildman–Crippen MR) is 115 cm³/mol. The fraction of sp³-hybridized carbons (Fsp3) is 0.409. The van der Waals surface area contributed by atoms with E-state index in [1.807, 2.05) is 24.1 Å². The highest BCUT2D eigenvalue weighted by Crippen LogP contribution is 2.31. The molecule has 1 atom stereocenters. The number of hydrogen-bond donors (Lipinski definition) is 0. The predicted octanol–water partition coefficient (Wildman–Crippen LogP) is 2.93. The highest BCUT2D eigenvalue weighted by Gasteiger charge is 2.28. The zero-order valence-electron chi connectivity index (χ0n) is 17.1. The molecule has 3 aromatic rings. The summed E-state index contributed by atoms with van der Waals surface area (Å²) in [4.78, 5) is 19.3. The summed E-state index contributed by atoms with van der Waals surface area (Å²) in [7, 11) is -1.47. The molecule has 1 unspecified atom stereocenters. The van der Waals surface area contributed by atoms with Gasteiger partial charge in [-0.2, -0.15) is 5.10 Å². The second-order valence-corrected chi connectivity index (χ2v) is 9.91. The fourth-order valence-corrected chi connectivity index (χ4v) is 5.50. The maximum absolute atomic E-state index is 12.8. The third kappa shape index (κ3) is 4.23. The molecule has 1 saturated heterocycles. The molecule has 0 radical (unpaired) electrons. The number of nitrogens with zero attached hydrogens (tertiary/aromatic N) is 4. The molecule has 2 aromatic heterocycles. The molecule has 1 amide bonds. The molecule has 0 N–H and O–H groups in total. The molecule has 8 heteroatoms. The zero-order chi connectivity index (χ0) is 21.1. The van der Waals surface area contributed by atoms with E-state index in [4.69, 9.17) is 0 Å². The SMILES string of the molecule is Cn1nc(C2CCCN(C(=O)CCCS(=O)(=O)c3ccccc3)C2)c2cccnc21. The van der Waals surface area contributed by atoms with E-state index < -0.39 is 9.84 Å². The summed E-state index contributed by atoms with van der Waals surface area (Å²) < 4.78 is 26.6. The number of pyridine rings is 1. The number of aryl methyl sites for hydroxylation is 1. The molecule has 0 saturated carbocycles. The van der Waals surface area contributed by atoms with E-state index >= 15 is 0 Å². The number of likely N-dealkylation sites (tertiary alicyclic amines) is 1. The molecule has 0 spiro atoms. The van der Waals surface area contributed by atoms with Crippen LogP contribution in [0.5, 0.6) is 0 Å². The molecule has 1 fully saturated rings. The number of benzene rings is 1. The minimum atomic E-state index is -3.35. The first-order valence-electron chi connectivity index (χ1n) is 10.3. The Morgan fingerprint density at radius 3 is 2.77 bits per heavy atom. The summed E-state index contributed by atoms with van der Waals surface area (Å²) in [6.45, 7) is 1.33. The number of aromatic nitrogens is 3. The smallest absolute Gasteiger partial charge is 0.222 e. The van der Waals surface area contributed by atoms with Crippen LogP contribution in [-0.2, 0) is 21.7 Å². The number of carbonyl (C=O) groups excluding carboxylic acids is 1. The highest BCUT2D eigenvalue weighted by molar-refractivity contribution is 7.91. The normalized spacial score (nSPS) is 17.4. The Morgan fingerprint density at radius 2 is 1.97 bits per heavy atom. The lowest BCUT2D eigenvalue weighted by atomic mass is 9.93. The van der Waals surface area contributed by atoms with Crippen LogP contribution >= 0.6 is 0 Å². The molecule has 7 nitrogen and oxygen atoms in total. The lowest BCUT2D eigenvalue weighted by Crippen LogP contribution is -2.39. The second kappa shape index (κ2) is 8.55. The van der Waals surface area contributed by atoms with Gasteiger partial charge < -0.3 is 4.90 Å². The van der Waals surface area contributed by atoms with E-state index in [-0.39, 0.29) is 24.0 Å². The van der Waals surface area contributed by atoms with Crippen molar-refractivity contribution in [3.8, 4) is 0 Å². The van der Waals surface area contributed by atoms with Crippen molar-refractivity contribution < 1.29 is 13.2 Å². The maximum atomic E-state index is 12.8. The molecular formula is C22H26N4O3S. The van der Waals surface area contributed by atoms with Crippen LogP contribution in [0.3, 0.4) is 0 Å². The molecule has 0 bridgehead atoms. The van der Waals surface area contributed by atoms with E-state index in [1.54, 1.807) is 41.2 Å². The summed E-state index contributed by atoms with van der Waals surface area (Å²) in [5, 5.41) is 5.71. The Labute approximate surface area is 176 Å². The van der Waals surface area contributed by atoms with Gasteiger partial charge in [-0.05, 0) is 43.5 Å². The van der Waals surface area contributed by atoms with Gasteiger partial charge in [0.15, 0.2) is 15.5 Å². The van der Waals surface area contributed by atoms with Crippen molar-refractivity contribution in [1.29, 1.82) is 0 Å². The monoisotopic (exact) mass is 426 g/mol. The Balaban J connectivity index is 1.38. The topological polar surface area (TPSA) is 85.2 Å². The number of sulfone groups is 1. The Hall–Kier alpha value is -2.74. The van der Waals surface area contributed by atoms with Gasteiger partial charge in [-0.3, -0.25) is 9.48 Å². The van der Waals surface area contributed by atoms with Gasteiger partial charge in [0, 0.05) is 44.1 Å². The van der Waals surface area contributed by atoms with E-state index in [0.29, 0.717) is 24.4 Å².